The molecule has 4 rings (SSSR count). The SMILES string of the molecule is Fc1ccc2c(c1)[C@@H]1OCCC[C@@H]1[C@H](c1ccccc1Cl)N2. The van der Waals surface area contributed by atoms with Crippen molar-refractivity contribution in [1.29, 1.82) is 0 Å². The molecular formula is C18H17ClFNO. The van der Waals surface area contributed by atoms with Crippen LogP contribution in [0.5, 0.6) is 0 Å². The van der Waals surface area contributed by atoms with E-state index in [0.29, 0.717) is 0 Å². The van der Waals surface area contributed by atoms with E-state index >= 15 is 0 Å². The fourth-order valence-electron chi connectivity index (χ4n) is 3.68. The Morgan fingerprint density at radius 3 is 2.86 bits per heavy atom. The molecule has 0 amide bonds. The van der Waals surface area contributed by atoms with E-state index in [1.54, 1.807) is 12.1 Å². The molecular weight excluding hydrogens is 301 g/mol. The molecule has 22 heavy (non-hydrogen) atoms. The van der Waals surface area contributed by atoms with Gasteiger partial charge < -0.3 is 10.1 Å². The molecule has 0 radical (unpaired) electrons. The van der Waals surface area contributed by atoms with Gasteiger partial charge in [-0.05, 0) is 42.7 Å². The van der Waals surface area contributed by atoms with Gasteiger partial charge in [-0.3, -0.25) is 0 Å². The summed E-state index contributed by atoms with van der Waals surface area (Å²) >= 11 is 6.40. The van der Waals surface area contributed by atoms with Gasteiger partial charge in [0.05, 0.1) is 12.1 Å². The minimum atomic E-state index is -0.218. The Morgan fingerprint density at radius 1 is 1.14 bits per heavy atom. The Kier molecular flexibility index (Phi) is 3.55. The molecule has 0 saturated carbocycles. The van der Waals surface area contributed by atoms with Crippen molar-refractivity contribution >= 4 is 17.3 Å². The molecule has 2 heterocycles. The number of anilines is 1. The molecule has 0 spiro atoms. The van der Waals surface area contributed by atoms with Gasteiger partial charge in [-0.2, -0.15) is 0 Å². The minimum Gasteiger partial charge on any atom is -0.377 e. The van der Waals surface area contributed by atoms with E-state index in [1.807, 2.05) is 18.2 Å². The number of benzene rings is 2. The highest BCUT2D eigenvalue weighted by molar-refractivity contribution is 6.31. The molecule has 1 saturated heterocycles. The van der Waals surface area contributed by atoms with Crippen LogP contribution in [0.3, 0.4) is 0 Å². The monoisotopic (exact) mass is 317 g/mol. The fraction of sp³-hybridized carbons (Fsp3) is 0.333. The van der Waals surface area contributed by atoms with Crippen LogP contribution >= 0.6 is 11.6 Å². The van der Waals surface area contributed by atoms with E-state index in [1.165, 1.54) is 6.07 Å². The molecule has 0 aromatic heterocycles. The van der Waals surface area contributed by atoms with Gasteiger partial charge in [0.1, 0.15) is 5.82 Å². The van der Waals surface area contributed by atoms with Gasteiger partial charge in [0.25, 0.3) is 0 Å². The maximum Gasteiger partial charge on any atom is 0.123 e. The first-order valence-corrected chi connectivity index (χ1v) is 8.04. The van der Waals surface area contributed by atoms with Gasteiger partial charge in [-0.25, -0.2) is 4.39 Å². The van der Waals surface area contributed by atoms with Crippen molar-refractivity contribution in [3.63, 3.8) is 0 Å². The van der Waals surface area contributed by atoms with Crippen molar-refractivity contribution in [2.45, 2.75) is 25.0 Å². The predicted molar refractivity (Wildman–Crippen MR) is 85.6 cm³/mol. The maximum atomic E-state index is 13.6. The van der Waals surface area contributed by atoms with Gasteiger partial charge in [0.2, 0.25) is 0 Å². The van der Waals surface area contributed by atoms with Crippen LogP contribution in [0, 0.1) is 11.7 Å². The summed E-state index contributed by atoms with van der Waals surface area (Å²) in [7, 11) is 0. The fourth-order valence-corrected chi connectivity index (χ4v) is 3.93. The lowest BCUT2D eigenvalue weighted by Gasteiger charge is -2.43. The zero-order valence-corrected chi connectivity index (χ0v) is 12.8. The topological polar surface area (TPSA) is 21.3 Å². The smallest absolute Gasteiger partial charge is 0.123 e. The highest BCUT2D eigenvalue weighted by Gasteiger charge is 2.40. The van der Waals surface area contributed by atoms with Crippen LogP contribution in [0.15, 0.2) is 42.5 Å². The van der Waals surface area contributed by atoms with Crippen LogP contribution in [-0.2, 0) is 4.74 Å². The number of ether oxygens (including phenoxy) is 1. The van der Waals surface area contributed by atoms with Crippen LogP contribution in [0.25, 0.3) is 0 Å². The van der Waals surface area contributed by atoms with Crippen molar-refractivity contribution in [1.82, 2.24) is 0 Å². The molecule has 2 nitrogen and oxygen atoms in total. The third-order valence-electron chi connectivity index (χ3n) is 4.67. The molecule has 1 fully saturated rings. The molecule has 0 bridgehead atoms. The van der Waals surface area contributed by atoms with Gasteiger partial charge in [-0.1, -0.05) is 29.8 Å². The van der Waals surface area contributed by atoms with Gasteiger partial charge in [-0.15, -0.1) is 0 Å². The molecule has 4 heteroatoms. The summed E-state index contributed by atoms with van der Waals surface area (Å²) in [5.74, 6) is 0.0487. The van der Waals surface area contributed by atoms with E-state index in [2.05, 4.69) is 11.4 Å². The molecule has 2 aliphatic rings. The van der Waals surface area contributed by atoms with E-state index in [-0.39, 0.29) is 23.9 Å². The summed E-state index contributed by atoms with van der Waals surface area (Å²) in [5, 5.41) is 4.31. The average molecular weight is 318 g/mol. The zero-order chi connectivity index (χ0) is 15.1. The van der Waals surface area contributed by atoms with Gasteiger partial charge in [0, 0.05) is 28.8 Å². The molecule has 2 aromatic rings. The standard InChI is InChI=1S/C18H17ClFNO/c19-15-6-2-1-4-12(15)17-13-5-3-9-22-18(13)14-10-11(20)7-8-16(14)21-17/h1-2,4,6-8,10,13,17-18,21H,3,5,9H2/t13-,17+,18-/m1/s1. The zero-order valence-electron chi connectivity index (χ0n) is 12.1. The summed E-state index contributed by atoms with van der Waals surface area (Å²) in [6.07, 6.45) is 2.00. The minimum absolute atomic E-state index is 0.0676. The summed E-state index contributed by atoms with van der Waals surface area (Å²) in [6.45, 7) is 0.729. The second-order valence-corrected chi connectivity index (χ2v) is 6.38. The third kappa shape index (κ3) is 2.29. The van der Waals surface area contributed by atoms with Crippen LogP contribution in [-0.4, -0.2) is 6.61 Å². The second kappa shape index (κ2) is 5.56. The molecule has 2 aromatic carbocycles. The lowest BCUT2D eigenvalue weighted by molar-refractivity contribution is -0.0382. The maximum absolute atomic E-state index is 13.6. The number of rotatable bonds is 1. The Balaban J connectivity index is 1.81. The largest absolute Gasteiger partial charge is 0.377 e. The van der Waals surface area contributed by atoms with E-state index in [4.69, 9.17) is 16.3 Å². The second-order valence-electron chi connectivity index (χ2n) is 5.97. The van der Waals surface area contributed by atoms with Crippen molar-refractivity contribution in [3.05, 3.63) is 64.4 Å². The Bertz CT molecular complexity index is 705. The lowest BCUT2D eigenvalue weighted by atomic mass is 9.77. The van der Waals surface area contributed by atoms with Crippen LogP contribution in [0.2, 0.25) is 5.02 Å². The summed E-state index contributed by atoms with van der Waals surface area (Å²) in [6, 6.07) is 12.9. The van der Waals surface area contributed by atoms with E-state index in [0.717, 1.165) is 41.3 Å². The molecule has 0 unspecified atom stereocenters. The Labute approximate surface area is 134 Å². The van der Waals surface area contributed by atoms with E-state index < -0.39 is 0 Å². The molecule has 114 valence electrons. The lowest BCUT2D eigenvalue weighted by Crippen LogP contribution is -2.36. The molecule has 2 aliphatic heterocycles. The third-order valence-corrected chi connectivity index (χ3v) is 5.01. The quantitative estimate of drug-likeness (QED) is 0.788. The number of halogens is 2. The van der Waals surface area contributed by atoms with Crippen molar-refractivity contribution < 1.29 is 9.13 Å². The van der Waals surface area contributed by atoms with Crippen molar-refractivity contribution in [2.24, 2.45) is 5.92 Å². The van der Waals surface area contributed by atoms with Crippen LogP contribution in [0.4, 0.5) is 10.1 Å². The van der Waals surface area contributed by atoms with Crippen LogP contribution in [0.1, 0.15) is 36.1 Å². The van der Waals surface area contributed by atoms with Gasteiger partial charge in [0.15, 0.2) is 0 Å². The Morgan fingerprint density at radius 2 is 2.00 bits per heavy atom. The molecule has 0 aliphatic carbocycles. The summed E-state index contributed by atoms with van der Waals surface area (Å²) < 4.78 is 19.6. The highest BCUT2D eigenvalue weighted by atomic mass is 35.5. The Hall–Kier alpha value is -1.58. The number of nitrogens with one attached hydrogen (secondary N) is 1. The number of hydrogen-bond acceptors (Lipinski definition) is 2. The number of hydrogen-bond donors (Lipinski definition) is 1. The van der Waals surface area contributed by atoms with Crippen molar-refractivity contribution in [2.75, 3.05) is 11.9 Å². The average Bonchev–Trinajstić information content (AvgIpc) is 2.55. The van der Waals surface area contributed by atoms with Crippen LogP contribution < -0.4 is 5.32 Å². The summed E-state index contributed by atoms with van der Waals surface area (Å²) in [5.41, 5.74) is 2.95. The first-order chi connectivity index (χ1) is 10.7. The number of fused-ring (bicyclic) bond motifs is 3. The first-order valence-electron chi connectivity index (χ1n) is 7.66. The normalized spacial score (nSPS) is 26.7. The molecule has 3 atom stereocenters. The van der Waals surface area contributed by atoms with Crippen molar-refractivity contribution in [3.8, 4) is 0 Å². The van der Waals surface area contributed by atoms with E-state index in [9.17, 15) is 4.39 Å². The predicted octanol–water partition coefficient (Wildman–Crippen LogP) is 5.11. The highest BCUT2D eigenvalue weighted by Crippen LogP contribution is 2.50. The summed E-state index contributed by atoms with van der Waals surface area (Å²) in [4.78, 5) is 0. The van der Waals surface area contributed by atoms with Gasteiger partial charge >= 0.3 is 0 Å². The first kappa shape index (κ1) is 14.0. The molecule has 1 N–H and O–H groups in total.